The number of amides is 2. The van der Waals surface area contributed by atoms with Gasteiger partial charge in [0.1, 0.15) is 0 Å². The predicted octanol–water partition coefficient (Wildman–Crippen LogP) is 2.60. The summed E-state index contributed by atoms with van der Waals surface area (Å²) in [4.78, 5) is 16.5. The van der Waals surface area contributed by atoms with Gasteiger partial charge in [-0.2, -0.15) is 0 Å². The largest absolute Gasteiger partial charge is 0.393 e. The number of hydrogen-bond donors (Lipinski definition) is 2. The number of nitrogens with zero attached hydrogens (tertiary/aromatic N) is 2. The average Bonchev–Trinajstić information content (AvgIpc) is 2.57. The first kappa shape index (κ1) is 18.0. The molecule has 2 amide bonds. The molecule has 6 heteroatoms. The number of carbonyl (C=O) groups excluding carboxylic acids is 1. The number of urea groups is 1. The summed E-state index contributed by atoms with van der Waals surface area (Å²) in [6.45, 7) is 3.95. The summed E-state index contributed by atoms with van der Waals surface area (Å²) in [7, 11) is 3.99. The Labute approximate surface area is 149 Å². The Morgan fingerprint density at radius 3 is 2.72 bits per heavy atom. The van der Waals surface area contributed by atoms with Crippen LogP contribution in [0.5, 0.6) is 0 Å². The van der Waals surface area contributed by atoms with E-state index in [2.05, 4.69) is 5.32 Å². The Kier molecular flexibility index (Phi) is 5.20. The molecule has 1 spiro atoms. The number of hydrogen-bond acceptors (Lipinski definition) is 4. The van der Waals surface area contributed by atoms with E-state index in [0.717, 1.165) is 29.8 Å². The number of nitrogens with one attached hydrogen (secondary N) is 1. The Balaban J connectivity index is 1.61. The molecule has 1 unspecified atom stereocenters. The fraction of sp³-hybridized carbons (Fsp3) is 0.632. The summed E-state index contributed by atoms with van der Waals surface area (Å²) in [5, 5.41) is 13.0. The van der Waals surface area contributed by atoms with E-state index in [0.29, 0.717) is 32.5 Å². The lowest BCUT2D eigenvalue weighted by Crippen LogP contribution is -2.52. The minimum atomic E-state index is -0.273. The maximum atomic E-state index is 12.6. The molecule has 2 aliphatic heterocycles. The molecule has 1 atom stereocenters. The van der Waals surface area contributed by atoms with Gasteiger partial charge in [-0.25, -0.2) is 4.79 Å². The van der Waals surface area contributed by atoms with Crippen molar-refractivity contribution in [2.24, 2.45) is 0 Å². The van der Waals surface area contributed by atoms with Gasteiger partial charge in [0.15, 0.2) is 0 Å². The molecular weight excluding hydrogens is 318 g/mol. The van der Waals surface area contributed by atoms with Crippen LogP contribution >= 0.6 is 0 Å². The normalized spacial score (nSPS) is 22.7. The van der Waals surface area contributed by atoms with E-state index in [1.54, 1.807) is 0 Å². The highest BCUT2D eigenvalue weighted by Gasteiger charge is 2.40. The van der Waals surface area contributed by atoms with Crippen molar-refractivity contribution in [3.8, 4) is 0 Å². The number of anilines is 2. The first-order valence-electron chi connectivity index (χ1n) is 9.05. The molecule has 1 aromatic rings. The number of carbonyl (C=O) groups is 1. The molecule has 138 valence electrons. The fourth-order valence-corrected chi connectivity index (χ4v) is 3.91. The van der Waals surface area contributed by atoms with E-state index in [-0.39, 0.29) is 17.7 Å². The van der Waals surface area contributed by atoms with E-state index in [1.807, 2.05) is 49.0 Å². The number of likely N-dealkylation sites (tertiary alicyclic amines) is 1. The average molecular weight is 347 g/mol. The van der Waals surface area contributed by atoms with Crippen LogP contribution in [0.25, 0.3) is 0 Å². The van der Waals surface area contributed by atoms with Gasteiger partial charge in [-0.05, 0) is 43.9 Å². The van der Waals surface area contributed by atoms with Crippen LogP contribution < -0.4 is 10.2 Å². The molecule has 0 aromatic heterocycles. The van der Waals surface area contributed by atoms with Crippen LogP contribution in [0, 0.1) is 6.92 Å². The van der Waals surface area contributed by atoms with Gasteiger partial charge in [0.2, 0.25) is 0 Å². The molecule has 2 N–H and O–H groups in total. The van der Waals surface area contributed by atoms with E-state index in [1.165, 1.54) is 0 Å². The maximum Gasteiger partial charge on any atom is 0.321 e. The molecule has 25 heavy (non-hydrogen) atoms. The second-order valence-corrected chi connectivity index (χ2v) is 7.44. The highest BCUT2D eigenvalue weighted by molar-refractivity contribution is 5.91. The standard InChI is InChI=1S/C19H29N3O3/c1-14-16(5-4-6-17(14)21(2)3)20-18(24)22-10-8-19(9-11-22)13-15(23)7-12-25-19/h4-6,15,23H,7-13H2,1-3H3,(H,20,24). The van der Waals surface area contributed by atoms with Gasteiger partial charge in [-0.15, -0.1) is 0 Å². The van der Waals surface area contributed by atoms with Crippen LogP contribution in [0.3, 0.4) is 0 Å². The van der Waals surface area contributed by atoms with Crippen molar-refractivity contribution in [3.05, 3.63) is 23.8 Å². The van der Waals surface area contributed by atoms with Crippen LogP contribution in [-0.2, 0) is 4.74 Å². The molecule has 2 saturated heterocycles. The lowest BCUT2D eigenvalue weighted by atomic mass is 9.83. The van der Waals surface area contributed by atoms with Crippen molar-refractivity contribution < 1.29 is 14.6 Å². The van der Waals surface area contributed by atoms with Gasteiger partial charge in [-0.1, -0.05) is 6.07 Å². The van der Waals surface area contributed by atoms with Crippen molar-refractivity contribution >= 4 is 17.4 Å². The van der Waals surface area contributed by atoms with Crippen LogP contribution in [0.15, 0.2) is 18.2 Å². The van der Waals surface area contributed by atoms with Crippen LogP contribution in [0.1, 0.15) is 31.2 Å². The minimum Gasteiger partial charge on any atom is -0.393 e. The SMILES string of the molecule is Cc1c(NC(=O)N2CCC3(CC2)CC(O)CCO3)cccc1N(C)C. The fourth-order valence-electron chi connectivity index (χ4n) is 3.91. The van der Waals surface area contributed by atoms with Gasteiger partial charge >= 0.3 is 6.03 Å². The third kappa shape index (κ3) is 3.90. The Bertz CT molecular complexity index is 624. The molecule has 2 fully saturated rings. The zero-order chi connectivity index (χ0) is 18.0. The Hall–Kier alpha value is -1.79. The van der Waals surface area contributed by atoms with Crippen LogP contribution in [0.2, 0.25) is 0 Å². The van der Waals surface area contributed by atoms with E-state index in [9.17, 15) is 9.90 Å². The second-order valence-electron chi connectivity index (χ2n) is 7.44. The topological polar surface area (TPSA) is 65.0 Å². The Morgan fingerprint density at radius 1 is 1.36 bits per heavy atom. The van der Waals surface area contributed by atoms with Crippen molar-refractivity contribution in [2.45, 2.75) is 44.3 Å². The molecule has 2 heterocycles. The smallest absolute Gasteiger partial charge is 0.321 e. The summed E-state index contributed by atoms with van der Waals surface area (Å²) < 4.78 is 5.96. The number of benzene rings is 1. The molecule has 0 radical (unpaired) electrons. The zero-order valence-electron chi connectivity index (χ0n) is 15.4. The second kappa shape index (κ2) is 7.22. The van der Waals surface area contributed by atoms with E-state index < -0.39 is 0 Å². The summed E-state index contributed by atoms with van der Waals surface area (Å²) in [6.07, 6.45) is 2.70. The lowest BCUT2D eigenvalue weighted by molar-refractivity contribution is -0.139. The minimum absolute atomic E-state index is 0.0646. The third-order valence-corrected chi connectivity index (χ3v) is 5.46. The highest BCUT2D eigenvalue weighted by atomic mass is 16.5. The van der Waals surface area contributed by atoms with E-state index in [4.69, 9.17) is 4.74 Å². The maximum absolute atomic E-state index is 12.6. The molecule has 0 bridgehead atoms. The van der Waals surface area contributed by atoms with Crippen molar-refractivity contribution in [1.82, 2.24) is 4.90 Å². The van der Waals surface area contributed by atoms with Gasteiger partial charge in [0.25, 0.3) is 0 Å². The van der Waals surface area contributed by atoms with Crippen LogP contribution in [-0.4, -0.2) is 61.5 Å². The van der Waals surface area contributed by atoms with Gasteiger partial charge < -0.3 is 25.0 Å². The number of ether oxygens (including phenoxy) is 1. The van der Waals surface area contributed by atoms with Crippen molar-refractivity contribution in [1.29, 1.82) is 0 Å². The lowest BCUT2D eigenvalue weighted by Gasteiger charge is -2.45. The van der Waals surface area contributed by atoms with Crippen molar-refractivity contribution in [2.75, 3.05) is 44.0 Å². The first-order chi connectivity index (χ1) is 11.9. The van der Waals surface area contributed by atoms with E-state index >= 15 is 0 Å². The number of aliphatic hydroxyl groups is 1. The molecule has 6 nitrogen and oxygen atoms in total. The number of piperidine rings is 1. The molecule has 2 aliphatic rings. The third-order valence-electron chi connectivity index (χ3n) is 5.46. The van der Waals surface area contributed by atoms with Gasteiger partial charge in [0.05, 0.1) is 11.7 Å². The zero-order valence-corrected chi connectivity index (χ0v) is 15.4. The quantitative estimate of drug-likeness (QED) is 0.863. The molecular formula is C19H29N3O3. The summed E-state index contributed by atoms with van der Waals surface area (Å²) in [5.41, 5.74) is 2.77. The monoisotopic (exact) mass is 347 g/mol. The molecule has 3 rings (SSSR count). The van der Waals surface area contributed by atoms with Gasteiger partial charge in [0, 0.05) is 51.6 Å². The molecule has 0 saturated carbocycles. The molecule has 0 aliphatic carbocycles. The Morgan fingerprint density at radius 2 is 2.08 bits per heavy atom. The van der Waals surface area contributed by atoms with Gasteiger partial charge in [-0.3, -0.25) is 0 Å². The van der Waals surface area contributed by atoms with Crippen LogP contribution in [0.4, 0.5) is 16.2 Å². The number of aliphatic hydroxyl groups excluding tert-OH is 1. The first-order valence-corrected chi connectivity index (χ1v) is 9.05. The van der Waals surface area contributed by atoms with Crippen molar-refractivity contribution in [3.63, 3.8) is 0 Å². The molecule has 1 aromatic carbocycles. The summed E-state index contributed by atoms with van der Waals surface area (Å²) in [6, 6.07) is 5.87. The number of rotatable bonds is 2. The summed E-state index contributed by atoms with van der Waals surface area (Å²) >= 11 is 0. The summed E-state index contributed by atoms with van der Waals surface area (Å²) in [5.74, 6) is 0. The highest BCUT2D eigenvalue weighted by Crippen LogP contribution is 2.35. The predicted molar refractivity (Wildman–Crippen MR) is 99.3 cm³/mol.